The highest BCUT2D eigenvalue weighted by molar-refractivity contribution is 6.41. The number of amides is 1. The third-order valence-corrected chi connectivity index (χ3v) is 5.74. The number of nitrogens with zero attached hydrogens (tertiary/aromatic N) is 4. The Balaban J connectivity index is 1.59. The molecule has 0 aliphatic carbocycles. The fraction of sp³-hybridized carbons (Fsp3) is 0.478. The third kappa shape index (κ3) is 4.25. The van der Waals surface area contributed by atoms with Gasteiger partial charge in [-0.1, -0.05) is 0 Å². The summed E-state index contributed by atoms with van der Waals surface area (Å²) >= 11 is 0. The van der Waals surface area contributed by atoms with E-state index in [4.69, 9.17) is 19.3 Å². The minimum Gasteiger partial charge on any atom is -0.491 e. The van der Waals surface area contributed by atoms with Crippen LogP contribution in [0.25, 0.3) is 10.9 Å². The van der Waals surface area contributed by atoms with E-state index >= 15 is 0 Å². The summed E-state index contributed by atoms with van der Waals surface area (Å²) in [5.41, 5.74) is 2.37. The van der Waals surface area contributed by atoms with Crippen LogP contribution in [0.1, 0.15) is 51.5 Å². The topological polar surface area (TPSA) is 99.3 Å². The molecular formula is C23H27N5O4. The molecule has 4 bridgehead atoms. The number of carbonyl (C=O) groups excluding carboxylic acids is 1. The van der Waals surface area contributed by atoms with Crippen molar-refractivity contribution < 1.29 is 19.0 Å². The zero-order chi connectivity index (χ0) is 22.1. The summed E-state index contributed by atoms with van der Waals surface area (Å²) in [5.74, 6) is 1.23. The highest BCUT2D eigenvalue weighted by Crippen LogP contribution is 2.31. The lowest BCUT2D eigenvalue weighted by Crippen LogP contribution is -2.30. The Labute approximate surface area is 186 Å². The van der Waals surface area contributed by atoms with Gasteiger partial charge in [-0.05, 0) is 51.3 Å². The molecule has 1 aromatic heterocycles. The molecule has 1 unspecified atom stereocenters. The van der Waals surface area contributed by atoms with Gasteiger partial charge in [-0.3, -0.25) is 0 Å². The first-order valence-electron chi connectivity index (χ1n) is 11.2. The number of aromatic nitrogens is 2. The van der Waals surface area contributed by atoms with Crippen molar-refractivity contribution in [2.75, 3.05) is 13.2 Å². The molecule has 32 heavy (non-hydrogen) atoms. The summed E-state index contributed by atoms with van der Waals surface area (Å²) in [5, 5.41) is 8.60. The first-order chi connectivity index (χ1) is 15.6. The van der Waals surface area contributed by atoms with Crippen LogP contribution in [0.4, 0.5) is 4.79 Å². The van der Waals surface area contributed by atoms with E-state index in [0.717, 1.165) is 48.2 Å². The van der Waals surface area contributed by atoms with E-state index in [9.17, 15) is 4.79 Å². The molecule has 2 aromatic rings. The summed E-state index contributed by atoms with van der Waals surface area (Å²) in [6.07, 6.45) is 6.04. The molecule has 9 nitrogen and oxygen atoms in total. The van der Waals surface area contributed by atoms with Crippen molar-refractivity contribution in [3.8, 4) is 5.75 Å². The number of fused-ring (bicyclic) bond motifs is 3. The molecule has 0 spiro atoms. The molecule has 168 valence electrons. The molecule has 1 amide bonds. The van der Waals surface area contributed by atoms with Crippen LogP contribution in [0.15, 0.2) is 40.1 Å². The van der Waals surface area contributed by atoms with Gasteiger partial charge in [0.1, 0.15) is 23.3 Å². The molecule has 1 N–H and O–H groups in total. The molecule has 1 aromatic carbocycles. The van der Waals surface area contributed by atoms with Crippen LogP contribution in [0, 0.1) is 0 Å². The minimum absolute atomic E-state index is 0.0878. The zero-order valence-electron chi connectivity index (χ0n) is 18.3. The Morgan fingerprint density at radius 3 is 2.91 bits per heavy atom. The van der Waals surface area contributed by atoms with E-state index in [-0.39, 0.29) is 12.3 Å². The van der Waals surface area contributed by atoms with Crippen LogP contribution in [-0.4, -0.2) is 53.2 Å². The summed E-state index contributed by atoms with van der Waals surface area (Å²) in [6.45, 7) is 4.95. The van der Waals surface area contributed by atoms with E-state index in [1.165, 1.54) is 0 Å². The van der Waals surface area contributed by atoms with Crippen LogP contribution in [0.2, 0.25) is 0 Å². The summed E-state index contributed by atoms with van der Waals surface area (Å²) < 4.78 is 19.5. The van der Waals surface area contributed by atoms with Gasteiger partial charge < -0.3 is 19.5 Å². The van der Waals surface area contributed by atoms with Crippen LogP contribution >= 0.6 is 0 Å². The number of hydrogen-bond donors (Lipinski definition) is 1. The van der Waals surface area contributed by atoms with Gasteiger partial charge >= 0.3 is 6.09 Å². The second kappa shape index (κ2) is 8.74. The Bertz CT molecular complexity index is 1110. The second-order valence-corrected chi connectivity index (χ2v) is 8.33. The number of aliphatic imine (C=N–C) groups is 2. The van der Waals surface area contributed by atoms with Gasteiger partial charge in [0.2, 0.25) is 0 Å². The lowest BCUT2D eigenvalue weighted by molar-refractivity contribution is -0.0367. The third-order valence-electron chi connectivity index (χ3n) is 5.74. The Kier molecular flexibility index (Phi) is 5.65. The van der Waals surface area contributed by atoms with Crippen molar-refractivity contribution in [1.29, 1.82) is 0 Å². The van der Waals surface area contributed by atoms with Crippen molar-refractivity contribution >= 4 is 28.9 Å². The van der Waals surface area contributed by atoms with E-state index in [1.807, 2.05) is 29.8 Å². The smallest absolute Gasteiger partial charge is 0.407 e. The fourth-order valence-corrected chi connectivity index (χ4v) is 4.14. The maximum Gasteiger partial charge on any atom is 0.407 e. The molecule has 3 aliphatic rings. The van der Waals surface area contributed by atoms with Gasteiger partial charge in [-0.15, -0.1) is 0 Å². The number of ether oxygens (including phenoxy) is 3. The van der Waals surface area contributed by atoms with Crippen molar-refractivity contribution in [3.05, 3.63) is 35.8 Å². The van der Waals surface area contributed by atoms with Crippen molar-refractivity contribution in [2.45, 2.75) is 58.0 Å². The molecule has 1 fully saturated rings. The highest BCUT2D eigenvalue weighted by atomic mass is 16.6. The van der Waals surface area contributed by atoms with Gasteiger partial charge in [0.15, 0.2) is 12.0 Å². The Morgan fingerprint density at radius 1 is 1.16 bits per heavy atom. The van der Waals surface area contributed by atoms with E-state index < -0.39 is 12.2 Å². The fourth-order valence-electron chi connectivity index (χ4n) is 4.14. The number of cyclic esters (lactones) is 1. The first-order valence-corrected chi connectivity index (χ1v) is 11.2. The average molecular weight is 438 g/mol. The number of benzene rings is 1. The zero-order valence-corrected chi connectivity index (χ0v) is 18.3. The quantitative estimate of drug-likeness (QED) is 0.733. The molecule has 3 aliphatic heterocycles. The second-order valence-electron chi connectivity index (χ2n) is 8.33. The van der Waals surface area contributed by atoms with Crippen molar-refractivity contribution in [1.82, 2.24) is 15.1 Å². The van der Waals surface area contributed by atoms with Gasteiger partial charge in [-0.25, -0.2) is 19.5 Å². The average Bonchev–Trinajstić information content (AvgIpc) is 3.38. The van der Waals surface area contributed by atoms with Gasteiger partial charge in [0, 0.05) is 31.0 Å². The van der Waals surface area contributed by atoms with E-state index in [0.29, 0.717) is 24.5 Å². The maximum absolute atomic E-state index is 12.0. The number of nitrogens with one attached hydrogen (secondary N) is 1. The van der Waals surface area contributed by atoms with Crippen LogP contribution in [-0.2, 0) is 9.47 Å². The Morgan fingerprint density at radius 2 is 2.06 bits per heavy atom. The number of alkyl carbamates (subject to hydrolysis) is 1. The van der Waals surface area contributed by atoms with Crippen LogP contribution in [0.3, 0.4) is 0 Å². The van der Waals surface area contributed by atoms with Crippen LogP contribution in [0.5, 0.6) is 5.75 Å². The van der Waals surface area contributed by atoms with Gasteiger partial charge in [0.25, 0.3) is 0 Å². The number of rotatable bonds is 1. The first kappa shape index (κ1) is 20.7. The lowest BCUT2D eigenvalue weighted by atomic mass is 10.1. The summed E-state index contributed by atoms with van der Waals surface area (Å²) in [4.78, 5) is 21.0. The van der Waals surface area contributed by atoms with Crippen molar-refractivity contribution in [2.24, 2.45) is 9.98 Å². The molecule has 4 heterocycles. The van der Waals surface area contributed by atoms with Crippen molar-refractivity contribution in [3.63, 3.8) is 0 Å². The SMILES string of the molecule is C[C@@H]1C=C2N=CC(=N2)c2nn(C3CCCCO3)c3ccc(cc23)O[C@H](C)CCNC(=O)O1. The van der Waals surface area contributed by atoms with Gasteiger partial charge in [0.05, 0.1) is 17.8 Å². The molecular weight excluding hydrogens is 410 g/mol. The highest BCUT2D eigenvalue weighted by Gasteiger charge is 2.24. The molecule has 0 radical (unpaired) electrons. The molecule has 9 heteroatoms. The standard InChI is InChI=1S/C23H27N5O4/c1-14-8-9-24-23(29)32-15(2)11-20-25-13-18(26-20)22-17-12-16(31-14)6-7-19(17)28(27-22)21-5-3-4-10-30-21/h6-7,11-15,21H,3-5,8-10H2,1-2H3,(H,24,29)/t14-,15-,21?/m1/s1. The minimum atomic E-state index is -0.477. The molecule has 3 atom stereocenters. The summed E-state index contributed by atoms with van der Waals surface area (Å²) in [7, 11) is 0. The van der Waals surface area contributed by atoms with E-state index in [2.05, 4.69) is 15.3 Å². The predicted molar refractivity (Wildman–Crippen MR) is 120 cm³/mol. The lowest BCUT2D eigenvalue weighted by Gasteiger charge is -2.23. The van der Waals surface area contributed by atoms with Gasteiger partial charge in [-0.2, -0.15) is 5.10 Å². The predicted octanol–water partition coefficient (Wildman–Crippen LogP) is 3.74. The molecule has 0 saturated carbocycles. The van der Waals surface area contributed by atoms with E-state index in [1.54, 1.807) is 19.2 Å². The molecule has 1 saturated heterocycles. The summed E-state index contributed by atoms with van der Waals surface area (Å²) in [6, 6.07) is 5.98. The number of carbonyl (C=O) groups is 1. The number of hydrogen-bond acceptors (Lipinski definition) is 7. The largest absolute Gasteiger partial charge is 0.491 e. The maximum atomic E-state index is 12.0. The normalized spacial score (nSPS) is 26.3. The molecule has 5 rings (SSSR count). The Hall–Kier alpha value is -3.20. The monoisotopic (exact) mass is 437 g/mol. The van der Waals surface area contributed by atoms with Crippen LogP contribution < -0.4 is 10.1 Å².